The Morgan fingerprint density at radius 1 is 1.16 bits per heavy atom. The number of rotatable bonds is 6. The van der Waals surface area contributed by atoms with Gasteiger partial charge in [-0.25, -0.2) is 0 Å². The highest BCUT2D eigenvalue weighted by Gasteiger charge is 2.42. The molecule has 0 bridgehead atoms. The Kier molecular flexibility index (Phi) is 6.94. The molecule has 0 radical (unpaired) electrons. The fourth-order valence-corrected chi connectivity index (χ4v) is 4.42. The molecule has 2 aromatic rings. The molecule has 3 rings (SSSR count). The number of carbonyl (C=O) groups is 2. The molecule has 31 heavy (non-hydrogen) atoms. The smallest absolute Gasteiger partial charge is 0.283 e. The minimum Gasteiger partial charge on any atom is -0.496 e. The van der Waals surface area contributed by atoms with Gasteiger partial charge in [0.15, 0.2) is 0 Å². The third-order valence-electron chi connectivity index (χ3n) is 5.58. The van der Waals surface area contributed by atoms with Crippen LogP contribution in [0, 0.1) is 17.0 Å². The summed E-state index contributed by atoms with van der Waals surface area (Å²) in [7, 11) is 1.56. The van der Waals surface area contributed by atoms with E-state index in [0.29, 0.717) is 28.8 Å². The first kappa shape index (κ1) is 22.7. The van der Waals surface area contributed by atoms with Gasteiger partial charge in [0.05, 0.1) is 12.0 Å². The van der Waals surface area contributed by atoms with Gasteiger partial charge in [0.25, 0.3) is 11.6 Å². The lowest BCUT2D eigenvalue weighted by Crippen LogP contribution is -2.57. The Labute approximate surface area is 188 Å². The maximum absolute atomic E-state index is 13.3. The number of hydrogen-bond acceptors (Lipinski definition) is 5. The van der Waals surface area contributed by atoms with Crippen LogP contribution in [0.1, 0.15) is 48.0 Å². The number of anilines is 1. The SMILES string of the molecule is COc1cc(NC(=O)C2(NC(=O)c3c(Br)cccc3[N+](=O)[O-])CCCCC2)ccc1C. The standard InChI is InChI=1S/C22H24BrN3O5/c1-14-9-10-15(13-18(14)31-2)24-21(28)22(11-4-3-5-12-22)25-20(27)19-16(23)7-6-8-17(19)26(29)30/h6-10,13H,3-5,11-12H2,1-2H3,(H,24,28)(H,25,27). The summed E-state index contributed by atoms with van der Waals surface area (Å²) >= 11 is 3.23. The van der Waals surface area contributed by atoms with Gasteiger partial charge in [-0.2, -0.15) is 0 Å². The predicted molar refractivity (Wildman–Crippen MR) is 120 cm³/mol. The van der Waals surface area contributed by atoms with Crippen molar-refractivity contribution in [1.29, 1.82) is 0 Å². The van der Waals surface area contributed by atoms with E-state index >= 15 is 0 Å². The molecule has 0 aromatic heterocycles. The molecule has 0 atom stereocenters. The molecule has 164 valence electrons. The van der Waals surface area contributed by atoms with E-state index in [4.69, 9.17) is 4.74 Å². The zero-order valence-corrected chi connectivity index (χ0v) is 19.0. The number of methoxy groups -OCH3 is 1. The second kappa shape index (κ2) is 9.47. The Hall–Kier alpha value is -2.94. The fourth-order valence-electron chi connectivity index (χ4n) is 3.88. The summed E-state index contributed by atoms with van der Waals surface area (Å²) in [6, 6.07) is 9.66. The lowest BCUT2D eigenvalue weighted by molar-refractivity contribution is -0.385. The molecule has 2 aromatic carbocycles. The lowest BCUT2D eigenvalue weighted by atomic mass is 9.80. The highest BCUT2D eigenvalue weighted by atomic mass is 79.9. The molecule has 0 saturated heterocycles. The molecule has 0 aliphatic heterocycles. The summed E-state index contributed by atoms with van der Waals surface area (Å²) in [4.78, 5) is 37.3. The van der Waals surface area contributed by atoms with E-state index in [1.165, 1.54) is 12.1 Å². The number of nitro benzene ring substituents is 1. The van der Waals surface area contributed by atoms with Gasteiger partial charge >= 0.3 is 0 Å². The van der Waals surface area contributed by atoms with Gasteiger partial charge in [-0.15, -0.1) is 0 Å². The summed E-state index contributed by atoms with van der Waals surface area (Å²) < 4.78 is 5.62. The van der Waals surface area contributed by atoms with Crippen LogP contribution in [0.15, 0.2) is 40.9 Å². The quantitative estimate of drug-likeness (QED) is 0.449. The number of nitro groups is 1. The average Bonchev–Trinajstić information content (AvgIpc) is 2.75. The zero-order valence-electron chi connectivity index (χ0n) is 17.4. The van der Waals surface area contributed by atoms with Crippen molar-refractivity contribution in [2.75, 3.05) is 12.4 Å². The maximum Gasteiger partial charge on any atom is 0.283 e. The first-order valence-corrected chi connectivity index (χ1v) is 10.8. The zero-order chi connectivity index (χ0) is 22.6. The fraction of sp³-hybridized carbons (Fsp3) is 0.364. The number of nitrogens with one attached hydrogen (secondary N) is 2. The van der Waals surface area contributed by atoms with E-state index < -0.39 is 16.4 Å². The summed E-state index contributed by atoms with van der Waals surface area (Å²) in [5, 5.41) is 17.1. The minimum atomic E-state index is -1.16. The van der Waals surface area contributed by atoms with E-state index in [-0.39, 0.29) is 17.2 Å². The summed E-state index contributed by atoms with van der Waals surface area (Å²) in [5.74, 6) is -0.359. The first-order valence-electron chi connectivity index (χ1n) is 9.99. The van der Waals surface area contributed by atoms with Gasteiger partial charge in [-0.1, -0.05) is 31.4 Å². The number of hydrogen-bond donors (Lipinski definition) is 2. The summed E-state index contributed by atoms with van der Waals surface area (Å²) in [5.41, 5.74) is -0.0823. The maximum atomic E-state index is 13.3. The van der Waals surface area contributed by atoms with Crippen LogP contribution in [0.2, 0.25) is 0 Å². The molecule has 0 heterocycles. The van der Waals surface area contributed by atoms with Gasteiger partial charge < -0.3 is 15.4 Å². The van der Waals surface area contributed by atoms with Crippen molar-refractivity contribution in [1.82, 2.24) is 5.32 Å². The number of carbonyl (C=O) groups excluding carboxylic acids is 2. The molecule has 9 heteroatoms. The van der Waals surface area contributed by atoms with E-state index in [0.717, 1.165) is 24.8 Å². The van der Waals surface area contributed by atoms with E-state index in [9.17, 15) is 19.7 Å². The monoisotopic (exact) mass is 489 g/mol. The molecule has 1 aliphatic rings. The number of halogens is 1. The molecule has 8 nitrogen and oxygen atoms in total. The van der Waals surface area contributed by atoms with Crippen LogP contribution < -0.4 is 15.4 Å². The summed E-state index contributed by atoms with van der Waals surface area (Å²) in [6.07, 6.45) is 3.39. The Morgan fingerprint density at radius 3 is 2.52 bits per heavy atom. The number of amides is 2. The van der Waals surface area contributed by atoms with Crippen LogP contribution in [0.5, 0.6) is 5.75 Å². The van der Waals surface area contributed by atoms with Gasteiger partial charge in [-0.3, -0.25) is 19.7 Å². The molecule has 1 fully saturated rings. The molecular weight excluding hydrogens is 466 g/mol. The van der Waals surface area contributed by atoms with E-state index in [2.05, 4.69) is 26.6 Å². The molecule has 0 unspecified atom stereocenters. The number of nitrogens with zero attached hydrogens (tertiary/aromatic N) is 1. The largest absolute Gasteiger partial charge is 0.496 e. The highest BCUT2D eigenvalue weighted by Crippen LogP contribution is 2.33. The van der Waals surface area contributed by atoms with Crippen molar-refractivity contribution in [3.05, 3.63) is 62.1 Å². The van der Waals surface area contributed by atoms with Crippen molar-refractivity contribution in [2.45, 2.75) is 44.6 Å². The van der Waals surface area contributed by atoms with Crippen molar-refractivity contribution in [2.24, 2.45) is 0 Å². The molecular formula is C22H24BrN3O5. The van der Waals surface area contributed by atoms with Crippen molar-refractivity contribution < 1.29 is 19.2 Å². The average molecular weight is 490 g/mol. The van der Waals surface area contributed by atoms with E-state index in [1.807, 2.05) is 13.0 Å². The molecule has 2 amide bonds. The molecule has 1 aliphatic carbocycles. The second-order valence-corrected chi connectivity index (χ2v) is 8.48. The summed E-state index contributed by atoms with van der Waals surface area (Å²) in [6.45, 7) is 1.90. The normalized spacial score (nSPS) is 15.1. The molecule has 1 saturated carbocycles. The Balaban J connectivity index is 1.90. The van der Waals surface area contributed by atoms with Crippen molar-refractivity contribution in [3.63, 3.8) is 0 Å². The number of ether oxygens (including phenoxy) is 1. The van der Waals surface area contributed by atoms with Gasteiger partial charge in [-0.05, 0) is 53.4 Å². The highest BCUT2D eigenvalue weighted by molar-refractivity contribution is 9.10. The van der Waals surface area contributed by atoms with Crippen LogP contribution in [0.25, 0.3) is 0 Å². The van der Waals surface area contributed by atoms with Crippen LogP contribution in [0.4, 0.5) is 11.4 Å². The van der Waals surface area contributed by atoms with Crippen molar-refractivity contribution >= 4 is 39.1 Å². The molecule has 0 spiro atoms. The van der Waals surface area contributed by atoms with Crippen molar-refractivity contribution in [3.8, 4) is 5.75 Å². The second-order valence-electron chi connectivity index (χ2n) is 7.63. The number of benzene rings is 2. The van der Waals surface area contributed by atoms with Crippen LogP contribution in [-0.2, 0) is 4.79 Å². The van der Waals surface area contributed by atoms with Crippen LogP contribution in [-0.4, -0.2) is 29.4 Å². The third kappa shape index (κ3) is 4.87. The predicted octanol–water partition coefficient (Wildman–Crippen LogP) is 4.75. The van der Waals surface area contributed by atoms with Crippen LogP contribution >= 0.6 is 15.9 Å². The Morgan fingerprint density at radius 2 is 1.87 bits per heavy atom. The topological polar surface area (TPSA) is 111 Å². The Bertz CT molecular complexity index is 1020. The third-order valence-corrected chi connectivity index (χ3v) is 6.24. The van der Waals surface area contributed by atoms with Gasteiger partial charge in [0.2, 0.25) is 5.91 Å². The van der Waals surface area contributed by atoms with Gasteiger partial charge in [0, 0.05) is 22.3 Å². The number of aryl methyl sites for hydroxylation is 1. The van der Waals surface area contributed by atoms with Crippen LogP contribution in [0.3, 0.4) is 0 Å². The first-order chi connectivity index (χ1) is 14.8. The molecule has 2 N–H and O–H groups in total. The van der Waals surface area contributed by atoms with E-state index in [1.54, 1.807) is 25.3 Å². The van der Waals surface area contributed by atoms with Gasteiger partial charge in [0.1, 0.15) is 16.9 Å². The minimum absolute atomic E-state index is 0.0951. The lowest BCUT2D eigenvalue weighted by Gasteiger charge is -2.36.